The van der Waals surface area contributed by atoms with Crippen molar-refractivity contribution >= 4 is 0 Å². The van der Waals surface area contributed by atoms with Gasteiger partial charge in [-0.05, 0) is 32.0 Å². The van der Waals surface area contributed by atoms with Gasteiger partial charge in [-0.3, -0.25) is 9.55 Å². The van der Waals surface area contributed by atoms with Crippen molar-refractivity contribution in [3.05, 3.63) is 41.7 Å². The summed E-state index contributed by atoms with van der Waals surface area (Å²) >= 11 is 0. The molecule has 2 aromatic rings. The molecular formula is C15H16N6. The van der Waals surface area contributed by atoms with Gasteiger partial charge in [-0.1, -0.05) is 6.92 Å². The van der Waals surface area contributed by atoms with Crippen LogP contribution in [0.5, 0.6) is 0 Å². The zero-order valence-electron chi connectivity index (χ0n) is 12.0. The molecule has 0 aliphatic heterocycles. The Balaban J connectivity index is 2.26. The number of aromatic nitrogens is 3. The van der Waals surface area contributed by atoms with E-state index in [-0.39, 0.29) is 17.4 Å². The third kappa shape index (κ3) is 3.07. The molecule has 2 heterocycles. The highest BCUT2D eigenvalue weighted by Crippen LogP contribution is 2.16. The molecule has 106 valence electrons. The molecule has 1 atom stereocenters. The summed E-state index contributed by atoms with van der Waals surface area (Å²) in [7, 11) is 0. The maximum Gasteiger partial charge on any atom is 0.177 e. The molecule has 0 bridgehead atoms. The van der Waals surface area contributed by atoms with E-state index in [4.69, 9.17) is 10.5 Å². The fourth-order valence-corrected chi connectivity index (χ4v) is 1.99. The number of hydrogen-bond donors (Lipinski definition) is 1. The van der Waals surface area contributed by atoms with Crippen LogP contribution in [0.4, 0.5) is 0 Å². The van der Waals surface area contributed by atoms with Crippen LogP contribution in [0.3, 0.4) is 0 Å². The van der Waals surface area contributed by atoms with Gasteiger partial charge in [0.1, 0.15) is 18.5 Å². The SMILES string of the molecule is CCCNC(C)c1ccc(-n2cnc(C#N)c2C#N)cn1. The second kappa shape index (κ2) is 6.65. The van der Waals surface area contributed by atoms with Gasteiger partial charge in [-0.15, -0.1) is 0 Å². The first kappa shape index (κ1) is 14.7. The summed E-state index contributed by atoms with van der Waals surface area (Å²) in [6, 6.07) is 7.86. The molecule has 0 fully saturated rings. The van der Waals surface area contributed by atoms with Crippen LogP contribution in [0.15, 0.2) is 24.7 Å². The summed E-state index contributed by atoms with van der Waals surface area (Å²) in [5, 5.41) is 21.4. The van der Waals surface area contributed by atoms with Crippen LogP contribution < -0.4 is 5.32 Å². The summed E-state index contributed by atoms with van der Waals surface area (Å²) < 4.78 is 1.57. The number of hydrogen-bond acceptors (Lipinski definition) is 5. The van der Waals surface area contributed by atoms with Gasteiger partial charge in [-0.25, -0.2) is 4.98 Å². The van der Waals surface area contributed by atoms with E-state index < -0.39 is 0 Å². The molecule has 0 aliphatic rings. The lowest BCUT2D eigenvalue weighted by Gasteiger charge is -2.13. The monoisotopic (exact) mass is 280 g/mol. The number of rotatable bonds is 5. The molecule has 0 saturated heterocycles. The minimum atomic E-state index is 0.125. The highest BCUT2D eigenvalue weighted by Gasteiger charge is 2.12. The summed E-state index contributed by atoms with van der Waals surface area (Å²) in [4.78, 5) is 8.33. The van der Waals surface area contributed by atoms with Crippen molar-refractivity contribution in [2.24, 2.45) is 0 Å². The standard InChI is InChI=1S/C15H16N6/c1-3-6-18-11(2)13-5-4-12(9-19-13)21-10-20-14(7-16)15(21)8-17/h4-5,9-11,18H,3,6H2,1-2H3. The average molecular weight is 280 g/mol. The Morgan fingerprint density at radius 2 is 2.10 bits per heavy atom. The molecule has 0 saturated carbocycles. The molecule has 0 amide bonds. The van der Waals surface area contributed by atoms with Crippen molar-refractivity contribution in [1.29, 1.82) is 10.5 Å². The van der Waals surface area contributed by atoms with Crippen molar-refractivity contribution in [3.63, 3.8) is 0 Å². The van der Waals surface area contributed by atoms with Crippen LogP contribution in [0, 0.1) is 22.7 Å². The van der Waals surface area contributed by atoms with Crippen LogP contribution in [0.1, 0.15) is 43.4 Å². The molecule has 2 aromatic heterocycles. The molecule has 0 radical (unpaired) electrons. The number of nitriles is 2. The molecular weight excluding hydrogens is 264 g/mol. The quantitative estimate of drug-likeness (QED) is 0.905. The zero-order valence-corrected chi connectivity index (χ0v) is 12.0. The summed E-state index contributed by atoms with van der Waals surface area (Å²) in [5.41, 5.74) is 2.00. The molecule has 0 spiro atoms. The van der Waals surface area contributed by atoms with Crippen molar-refractivity contribution < 1.29 is 0 Å². The van der Waals surface area contributed by atoms with Gasteiger partial charge in [0.05, 0.1) is 17.6 Å². The molecule has 1 N–H and O–H groups in total. The van der Waals surface area contributed by atoms with Gasteiger partial charge in [-0.2, -0.15) is 10.5 Å². The predicted octanol–water partition coefficient (Wildman–Crippen LogP) is 2.07. The van der Waals surface area contributed by atoms with E-state index in [0.29, 0.717) is 5.69 Å². The van der Waals surface area contributed by atoms with Gasteiger partial charge in [0.2, 0.25) is 0 Å². The Morgan fingerprint density at radius 3 is 2.67 bits per heavy atom. The summed E-state index contributed by atoms with van der Waals surface area (Å²) in [6.07, 6.45) is 4.22. The van der Waals surface area contributed by atoms with Crippen LogP contribution in [-0.4, -0.2) is 21.1 Å². The fraction of sp³-hybridized carbons (Fsp3) is 0.333. The maximum absolute atomic E-state index is 9.13. The van der Waals surface area contributed by atoms with E-state index in [1.807, 2.05) is 24.3 Å². The fourth-order valence-electron chi connectivity index (χ4n) is 1.99. The normalized spacial score (nSPS) is 11.6. The second-order valence-electron chi connectivity index (χ2n) is 4.65. The zero-order chi connectivity index (χ0) is 15.2. The topological polar surface area (TPSA) is 90.3 Å². The first-order chi connectivity index (χ1) is 10.2. The van der Waals surface area contributed by atoms with Crippen molar-refractivity contribution in [2.45, 2.75) is 26.3 Å². The minimum absolute atomic E-state index is 0.125. The third-order valence-electron chi connectivity index (χ3n) is 3.17. The minimum Gasteiger partial charge on any atom is -0.309 e. The van der Waals surface area contributed by atoms with E-state index in [2.05, 4.69) is 29.1 Å². The van der Waals surface area contributed by atoms with Crippen molar-refractivity contribution in [1.82, 2.24) is 19.9 Å². The Kier molecular flexibility index (Phi) is 4.65. The van der Waals surface area contributed by atoms with Crippen LogP contribution in [0.25, 0.3) is 5.69 Å². The average Bonchev–Trinajstić information content (AvgIpc) is 2.95. The van der Waals surface area contributed by atoms with Crippen LogP contribution >= 0.6 is 0 Å². The van der Waals surface area contributed by atoms with E-state index in [0.717, 1.165) is 18.7 Å². The van der Waals surface area contributed by atoms with Gasteiger partial charge >= 0.3 is 0 Å². The first-order valence-corrected chi connectivity index (χ1v) is 6.78. The van der Waals surface area contributed by atoms with E-state index >= 15 is 0 Å². The van der Waals surface area contributed by atoms with Gasteiger partial charge in [0.25, 0.3) is 0 Å². The molecule has 2 rings (SSSR count). The highest BCUT2D eigenvalue weighted by atomic mass is 15.1. The predicted molar refractivity (Wildman–Crippen MR) is 77.5 cm³/mol. The molecule has 0 aliphatic carbocycles. The lowest BCUT2D eigenvalue weighted by atomic mass is 10.2. The summed E-state index contributed by atoms with van der Waals surface area (Å²) in [5.74, 6) is 0. The number of imidazole rings is 1. The Bertz CT molecular complexity index is 686. The Morgan fingerprint density at radius 1 is 1.29 bits per heavy atom. The van der Waals surface area contributed by atoms with Crippen LogP contribution in [-0.2, 0) is 0 Å². The Hall–Kier alpha value is -2.70. The van der Waals surface area contributed by atoms with E-state index in [9.17, 15) is 0 Å². The number of nitrogens with one attached hydrogen (secondary N) is 1. The highest BCUT2D eigenvalue weighted by molar-refractivity contribution is 5.43. The first-order valence-electron chi connectivity index (χ1n) is 6.78. The smallest absolute Gasteiger partial charge is 0.177 e. The maximum atomic E-state index is 9.13. The third-order valence-corrected chi connectivity index (χ3v) is 3.17. The van der Waals surface area contributed by atoms with Crippen molar-refractivity contribution in [2.75, 3.05) is 6.54 Å². The molecule has 6 heteroatoms. The molecule has 6 nitrogen and oxygen atoms in total. The van der Waals surface area contributed by atoms with E-state index in [1.54, 1.807) is 10.8 Å². The van der Waals surface area contributed by atoms with E-state index in [1.165, 1.54) is 6.33 Å². The number of pyridine rings is 1. The van der Waals surface area contributed by atoms with Gasteiger partial charge < -0.3 is 5.32 Å². The van der Waals surface area contributed by atoms with Gasteiger partial charge in [0, 0.05) is 6.04 Å². The lowest BCUT2D eigenvalue weighted by molar-refractivity contribution is 0.558. The molecule has 21 heavy (non-hydrogen) atoms. The summed E-state index contributed by atoms with van der Waals surface area (Å²) in [6.45, 7) is 5.12. The molecule has 0 aromatic carbocycles. The second-order valence-corrected chi connectivity index (χ2v) is 4.65. The largest absolute Gasteiger partial charge is 0.309 e. The van der Waals surface area contributed by atoms with Gasteiger partial charge in [0.15, 0.2) is 11.4 Å². The number of nitrogens with zero attached hydrogens (tertiary/aromatic N) is 5. The lowest BCUT2D eigenvalue weighted by Crippen LogP contribution is -2.20. The van der Waals surface area contributed by atoms with Crippen LogP contribution in [0.2, 0.25) is 0 Å². The Labute approximate surface area is 123 Å². The molecule has 1 unspecified atom stereocenters. The van der Waals surface area contributed by atoms with Crippen molar-refractivity contribution in [3.8, 4) is 17.8 Å².